The number of nitrogens with two attached hydrogens (primary N) is 1. The SMILES string of the molecule is Cc1ccc(S(=O)(=O)c2ccccc2-c2nc(-c3ccccc3F)no2)cc1.Cc1ccc(S(=O)(=O)c2ccccc2-c2nc(-c3ccccc3F)no2)cc1.Nc1ccc(Sc2ccccc2-c2nc(-c3ccccc3F)no2)cc1.O=C=O.O=[N+]([O-])c1ccc(S(=O)(=O)c2ccccc2-c2nc(-c3ccccc3F)no2)cc1.O=[N+]([O-])c1ccc(Sc2ccccc2-c2nc(-c3ccccc3F)no2)cc1. The molecule has 0 spiro atoms. The lowest BCUT2D eigenvalue weighted by molar-refractivity contribution is -0.385. The van der Waals surface area contributed by atoms with E-state index < -0.39 is 62.6 Å². The number of halogens is 5. The third-order valence-electron chi connectivity index (χ3n) is 20.6. The Morgan fingerprint density at radius 1 is 0.280 bits per heavy atom. The molecule has 0 radical (unpaired) electrons. The van der Waals surface area contributed by atoms with E-state index in [0.29, 0.717) is 22.7 Å². The van der Waals surface area contributed by atoms with Crippen LogP contribution in [0.1, 0.15) is 11.1 Å². The average Bonchev–Trinajstić information content (AvgIpc) is 1.77. The van der Waals surface area contributed by atoms with Crippen LogP contribution in [0.4, 0.5) is 39.0 Å². The second-order valence-corrected chi connectivity index (χ2v) is 38.0. The molecule has 0 amide bonds. The quantitative estimate of drug-likeness (QED) is 0.0285. The number of nitrogen functional groups attached to an aromatic ring is 1. The van der Waals surface area contributed by atoms with Crippen molar-refractivity contribution in [2.75, 3.05) is 5.73 Å². The fraction of sp³-hybridized carbons (Fsp3) is 0.0194. The number of nitro groups is 2. The van der Waals surface area contributed by atoms with Crippen LogP contribution in [-0.4, -0.2) is 92.0 Å². The second-order valence-electron chi connectivity index (χ2n) is 30.0. The standard InChI is InChI=1S/2C21H15FN2O3S.C20H12FN3O5S.C20H12FN3O3S.C20H14FN3OS.CO2/c2*1-14-10-12-15(13-11-14)28(25,26)19-9-5-3-7-17(19)21-23-20(24-27-21)16-6-2-4-8-18(16)22;21-17-7-3-1-5-15(17)19-22-20(29-23-19)16-6-2-4-8-18(16)30(27,28)14-11-9-13(10-12-14)24(25)26;21-17-7-3-1-5-15(17)19-22-20(27-23-19)16-6-2-4-8-18(16)28-14-11-9-13(10-12-14)24(25)26;21-17-7-3-1-5-15(17)19-23-20(25-24-19)16-6-2-4-8-18(16)26-14-11-9-13(22)10-12-14;2-1-3/h2*2-13H,1H3;1-12H;1-12H;1-12H,22H2;. The molecule has 40 heteroatoms. The Morgan fingerprint density at radius 3 is 0.734 bits per heavy atom. The van der Waals surface area contributed by atoms with Gasteiger partial charge in [0.15, 0.2) is 0 Å². The lowest BCUT2D eigenvalue weighted by atomic mass is 10.2. The van der Waals surface area contributed by atoms with Crippen LogP contribution in [0.3, 0.4) is 0 Å². The zero-order chi connectivity index (χ0) is 101. The Kier molecular flexibility index (Phi) is 31.5. The number of rotatable bonds is 22. The Balaban J connectivity index is 0.000000134. The van der Waals surface area contributed by atoms with Gasteiger partial charge in [-0.05, 0) is 208 Å². The molecule has 0 fully saturated rings. The lowest BCUT2D eigenvalue weighted by Gasteiger charge is -2.08. The number of non-ortho nitro benzene ring substituents is 2. The van der Waals surface area contributed by atoms with Gasteiger partial charge in [-0.15, -0.1) is 0 Å². The third kappa shape index (κ3) is 23.8. The molecule has 30 nitrogen and oxygen atoms in total. The molecular formula is C103H68F5N13O17S5. The fourth-order valence-electron chi connectivity index (χ4n) is 13.5. The van der Waals surface area contributed by atoms with E-state index in [1.807, 2.05) is 86.6 Å². The summed E-state index contributed by atoms with van der Waals surface area (Å²) >= 11 is 2.98. The number of carbonyl (C=O) groups excluding carboxylic acids is 2. The normalized spacial score (nSPS) is 11.0. The molecule has 5 heterocycles. The molecule has 0 bridgehead atoms. The highest BCUT2D eigenvalue weighted by Gasteiger charge is 2.31. The Bertz CT molecular complexity index is 8190. The van der Waals surface area contributed by atoms with E-state index in [4.69, 9.17) is 37.9 Å². The van der Waals surface area contributed by atoms with Crippen LogP contribution in [0.5, 0.6) is 0 Å². The molecule has 0 atom stereocenters. The summed E-state index contributed by atoms with van der Waals surface area (Å²) in [6.07, 6.45) is 0.250. The number of nitrogens with zero attached hydrogens (tertiary/aromatic N) is 12. The second kappa shape index (κ2) is 45.2. The maximum atomic E-state index is 14.0. The van der Waals surface area contributed by atoms with Gasteiger partial charge in [-0.1, -0.05) is 206 Å². The van der Waals surface area contributed by atoms with E-state index in [0.717, 1.165) is 60.5 Å². The van der Waals surface area contributed by atoms with Crippen LogP contribution < -0.4 is 5.73 Å². The van der Waals surface area contributed by atoms with E-state index >= 15 is 0 Å². The summed E-state index contributed by atoms with van der Waals surface area (Å²) in [5.41, 5.74) is 11.4. The summed E-state index contributed by atoms with van der Waals surface area (Å²) in [5.74, 6) is -1.34. The van der Waals surface area contributed by atoms with E-state index in [9.17, 15) is 67.4 Å². The van der Waals surface area contributed by atoms with Gasteiger partial charge in [-0.2, -0.15) is 34.5 Å². The van der Waals surface area contributed by atoms with Gasteiger partial charge in [0.2, 0.25) is 58.6 Å². The van der Waals surface area contributed by atoms with E-state index in [1.165, 1.54) is 109 Å². The number of aryl methyl sites for hydroxylation is 2. The zero-order valence-electron chi connectivity index (χ0n) is 74.0. The molecule has 20 aromatic rings. The highest BCUT2D eigenvalue weighted by Crippen LogP contribution is 2.42. The van der Waals surface area contributed by atoms with E-state index in [-0.39, 0.29) is 144 Å². The first-order valence-electron chi connectivity index (χ1n) is 42.0. The van der Waals surface area contributed by atoms with Crippen molar-refractivity contribution < 1.29 is 89.3 Å². The monoisotopic (exact) mass is 2010 g/mol. The van der Waals surface area contributed by atoms with Crippen molar-refractivity contribution in [3.8, 4) is 114 Å². The first-order chi connectivity index (χ1) is 69.0. The Hall–Kier alpha value is -17.8. The van der Waals surface area contributed by atoms with Crippen molar-refractivity contribution in [3.63, 3.8) is 0 Å². The highest BCUT2D eigenvalue weighted by atomic mass is 32.2. The van der Waals surface area contributed by atoms with E-state index in [1.54, 1.807) is 182 Å². The zero-order valence-corrected chi connectivity index (χ0v) is 78.0. The fourth-order valence-corrected chi connectivity index (χ4v) is 19.7. The Labute approximate surface area is 817 Å². The smallest absolute Gasteiger partial charge is 0.373 e. The van der Waals surface area contributed by atoms with Gasteiger partial charge in [0.25, 0.3) is 40.8 Å². The van der Waals surface area contributed by atoms with Gasteiger partial charge in [0.1, 0.15) is 29.1 Å². The molecule has 0 saturated carbocycles. The van der Waals surface area contributed by atoms with Gasteiger partial charge in [0.05, 0.1) is 94.9 Å². The van der Waals surface area contributed by atoms with Crippen molar-refractivity contribution in [2.24, 2.45) is 0 Å². The number of hydrogen-bond acceptors (Lipinski definition) is 30. The molecule has 0 aliphatic rings. The molecule has 0 unspecified atom stereocenters. The molecule has 143 heavy (non-hydrogen) atoms. The molecule has 0 saturated heterocycles. The summed E-state index contributed by atoms with van der Waals surface area (Å²) in [6, 6.07) is 95.9. The maximum absolute atomic E-state index is 14.0. The van der Waals surface area contributed by atoms with Crippen LogP contribution >= 0.6 is 23.5 Å². The number of benzene rings is 15. The predicted octanol–water partition coefficient (Wildman–Crippen LogP) is 23.9. The third-order valence-corrected chi connectivity index (χ3v) is 28.2. The van der Waals surface area contributed by atoms with Crippen molar-refractivity contribution in [1.29, 1.82) is 0 Å². The molecule has 712 valence electrons. The topological polar surface area (TPSA) is 443 Å². The number of aromatic nitrogens is 10. The number of hydrogen-bond donors (Lipinski definition) is 1. The summed E-state index contributed by atoms with van der Waals surface area (Å²) < 4.78 is 175. The summed E-state index contributed by atoms with van der Waals surface area (Å²) in [5, 5.41) is 40.8. The van der Waals surface area contributed by atoms with Crippen molar-refractivity contribution in [3.05, 3.63) is 424 Å². The minimum absolute atomic E-state index is 0.00420. The van der Waals surface area contributed by atoms with E-state index in [2.05, 4.69) is 50.7 Å². The highest BCUT2D eigenvalue weighted by molar-refractivity contribution is 7.99. The van der Waals surface area contributed by atoms with Gasteiger partial charge >= 0.3 is 6.15 Å². The minimum Gasteiger partial charge on any atom is -0.399 e. The summed E-state index contributed by atoms with van der Waals surface area (Å²) in [6.45, 7) is 3.76. The molecule has 2 N–H and O–H groups in total. The van der Waals surface area contributed by atoms with Crippen LogP contribution in [0.25, 0.3) is 114 Å². The van der Waals surface area contributed by atoms with Gasteiger partial charge in [-0.25, -0.2) is 47.2 Å². The number of anilines is 1. The van der Waals surface area contributed by atoms with Crippen molar-refractivity contribution in [2.45, 2.75) is 62.8 Å². The average molecular weight is 2020 g/mol. The summed E-state index contributed by atoms with van der Waals surface area (Å²) in [4.78, 5) is 61.9. The molecule has 20 rings (SSSR count). The lowest BCUT2D eigenvalue weighted by Crippen LogP contribution is -2.04. The maximum Gasteiger partial charge on any atom is 0.373 e. The summed E-state index contributed by atoms with van der Waals surface area (Å²) in [7, 11) is -11.6. The minimum atomic E-state index is -4.05. The predicted molar refractivity (Wildman–Crippen MR) is 515 cm³/mol. The molecule has 0 aliphatic carbocycles. The largest absolute Gasteiger partial charge is 0.399 e. The van der Waals surface area contributed by atoms with Gasteiger partial charge in [0, 0.05) is 49.5 Å². The number of sulfone groups is 3. The van der Waals surface area contributed by atoms with Crippen LogP contribution in [0.2, 0.25) is 0 Å². The van der Waals surface area contributed by atoms with Crippen LogP contribution in [-0.2, 0) is 39.1 Å². The molecule has 15 aromatic carbocycles. The molecular weight excluding hydrogens is 1950 g/mol. The van der Waals surface area contributed by atoms with Gasteiger partial charge < -0.3 is 28.3 Å². The molecule has 5 aromatic heterocycles. The first-order valence-corrected chi connectivity index (χ1v) is 48.1. The van der Waals surface area contributed by atoms with Crippen molar-refractivity contribution in [1.82, 2.24) is 50.7 Å². The van der Waals surface area contributed by atoms with Gasteiger partial charge in [-0.3, -0.25) is 20.2 Å². The van der Waals surface area contributed by atoms with Crippen molar-refractivity contribution >= 4 is 76.2 Å². The van der Waals surface area contributed by atoms with Crippen LogP contribution in [0, 0.1) is 63.2 Å². The van der Waals surface area contributed by atoms with Crippen LogP contribution in [0.15, 0.2) is 436 Å². The first kappa shape index (κ1) is 99.7. The number of nitro benzene ring substituents is 2. The molecule has 0 aliphatic heterocycles. The Morgan fingerprint density at radius 2 is 0.483 bits per heavy atom.